The number of carbonyl (C=O) groups excluding carboxylic acids is 1. The lowest BCUT2D eigenvalue weighted by atomic mass is 10.2. The first-order valence-corrected chi connectivity index (χ1v) is 5.78. The van der Waals surface area contributed by atoms with Crippen LogP contribution in [0.3, 0.4) is 0 Å². The third kappa shape index (κ3) is 3.61. The molecule has 0 amide bonds. The summed E-state index contributed by atoms with van der Waals surface area (Å²) in [6, 6.07) is 0.598. The van der Waals surface area contributed by atoms with Gasteiger partial charge in [-0.2, -0.15) is 0 Å². The zero-order valence-electron chi connectivity index (χ0n) is 9.72. The summed E-state index contributed by atoms with van der Waals surface area (Å²) in [5.41, 5.74) is -0.661. The third-order valence-corrected chi connectivity index (χ3v) is 2.84. The summed E-state index contributed by atoms with van der Waals surface area (Å²) < 4.78 is 17.7. The number of halogens is 2. The van der Waals surface area contributed by atoms with Crippen LogP contribution in [-0.2, 0) is 9.53 Å². The van der Waals surface area contributed by atoms with Crippen molar-refractivity contribution in [1.82, 2.24) is 0 Å². The maximum absolute atomic E-state index is 13.4. The Morgan fingerprint density at radius 2 is 2.32 bits per heavy atom. The Morgan fingerprint density at radius 1 is 1.68 bits per heavy atom. The minimum Gasteiger partial charge on any atom is -0.467 e. The SMILES string of the molecule is COC(=O)C(CO)Nc1cc(F)c(Br)cc1[N+](=O)[O-]. The molecule has 1 aromatic rings. The summed E-state index contributed by atoms with van der Waals surface area (Å²) in [5.74, 6) is -1.56. The van der Waals surface area contributed by atoms with Gasteiger partial charge in [0.15, 0.2) is 0 Å². The molecule has 0 saturated heterocycles. The fraction of sp³-hybridized carbons (Fsp3) is 0.300. The van der Waals surface area contributed by atoms with Gasteiger partial charge in [-0.05, 0) is 15.9 Å². The molecular weight excluding hydrogens is 327 g/mol. The fourth-order valence-corrected chi connectivity index (χ4v) is 1.64. The van der Waals surface area contributed by atoms with Gasteiger partial charge in [-0.25, -0.2) is 9.18 Å². The number of esters is 1. The van der Waals surface area contributed by atoms with Gasteiger partial charge in [0.1, 0.15) is 17.5 Å². The predicted molar refractivity (Wildman–Crippen MR) is 67.3 cm³/mol. The number of nitro groups is 1. The van der Waals surface area contributed by atoms with Crippen molar-refractivity contribution in [2.24, 2.45) is 0 Å². The number of benzene rings is 1. The number of rotatable bonds is 5. The number of ether oxygens (including phenoxy) is 1. The van der Waals surface area contributed by atoms with E-state index in [0.717, 1.165) is 19.2 Å². The molecule has 9 heteroatoms. The second kappa shape index (κ2) is 6.43. The monoisotopic (exact) mass is 336 g/mol. The van der Waals surface area contributed by atoms with E-state index >= 15 is 0 Å². The number of aliphatic hydroxyl groups excluding tert-OH is 1. The molecule has 0 radical (unpaired) electrons. The predicted octanol–water partition coefficient (Wildman–Crippen LogP) is 1.44. The van der Waals surface area contributed by atoms with Gasteiger partial charge in [0.2, 0.25) is 0 Å². The Balaban J connectivity index is 3.15. The summed E-state index contributed by atoms with van der Waals surface area (Å²) in [6.07, 6.45) is 0. The zero-order chi connectivity index (χ0) is 14.6. The second-order valence-corrected chi connectivity index (χ2v) is 4.30. The van der Waals surface area contributed by atoms with Gasteiger partial charge in [-0.15, -0.1) is 0 Å². The van der Waals surface area contributed by atoms with Gasteiger partial charge in [-0.1, -0.05) is 0 Å². The van der Waals surface area contributed by atoms with E-state index in [1.165, 1.54) is 0 Å². The molecule has 0 heterocycles. The van der Waals surface area contributed by atoms with Gasteiger partial charge in [0, 0.05) is 12.1 Å². The van der Waals surface area contributed by atoms with E-state index in [4.69, 9.17) is 5.11 Å². The summed E-state index contributed by atoms with van der Waals surface area (Å²) in [4.78, 5) is 21.4. The van der Waals surface area contributed by atoms with Crippen LogP contribution in [0, 0.1) is 15.9 Å². The van der Waals surface area contributed by atoms with Gasteiger partial charge < -0.3 is 15.2 Å². The molecule has 1 aromatic carbocycles. The Morgan fingerprint density at radius 3 is 2.79 bits per heavy atom. The molecular formula is C10H10BrFN2O5. The quantitative estimate of drug-likeness (QED) is 0.479. The Hall–Kier alpha value is -1.74. The highest BCUT2D eigenvalue weighted by Gasteiger charge is 2.24. The van der Waals surface area contributed by atoms with Crippen molar-refractivity contribution < 1.29 is 24.0 Å². The Labute approximate surface area is 115 Å². The Kier molecular flexibility index (Phi) is 5.19. The third-order valence-electron chi connectivity index (χ3n) is 2.23. The van der Waals surface area contributed by atoms with Crippen LogP contribution < -0.4 is 5.32 Å². The lowest BCUT2D eigenvalue weighted by Gasteiger charge is -2.15. The van der Waals surface area contributed by atoms with Gasteiger partial charge >= 0.3 is 5.97 Å². The molecule has 0 spiro atoms. The van der Waals surface area contributed by atoms with E-state index in [9.17, 15) is 19.3 Å². The molecule has 0 bridgehead atoms. The van der Waals surface area contributed by atoms with Crippen molar-refractivity contribution in [2.75, 3.05) is 19.0 Å². The summed E-state index contributed by atoms with van der Waals surface area (Å²) in [5, 5.41) is 22.2. The summed E-state index contributed by atoms with van der Waals surface area (Å²) in [7, 11) is 1.10. The topological polar surface area (TPSA) is 102 Å². The van der Waals surface area contributed by atoms with Crippen molar-refractivity contribution in [3.63, 3.8) is 0 Å². The number of hydrogen-bond acceptors (Lipinski definition) is 6. The minimum atomic E-state index is -1.22. The van der Waals surface area contributed by atoms with Crippen LogP contribution in [0.1, 0.15) is 0 Å². The zero-order valence-corrected chi connectivity index (χ0v) is 11.3. The van der Waals surface area contributed by atoms with Crippen LogP contribution in [0.25, 0.3) is 0 Å². The van der Waals surface area contributed by atoms with Crippen molar-refractivity contribution in [3.05, 3.63) is 32.5 Å². The first-order valence-electron chi connectivity index (χ1n) is 4.99. The van der Waals surface area contributed by atoms with Gasteiger partial charge in [-0.3, -0.25) is 10.1 Å². The van der Waals surface area contributed by atoms with Crippen molar-refractivity contribution in [3.8, 4) is 0 Å². The van der Waals surface area contributed by atoms with E-state index in [0.29, 0.717) is 0 Å². The smallest absolute Gasteiger partial charge is 0.330 e. The van der Waals surface area contributed by atoms with Gasteiger partial charge in [0.05, 0.1) is 23.1 Å². The number of carbonyl (C=O) groups is 1. The van der Waals surface area contributed by atoms with Crippen LogP contribution in [0.4, 0.5) is 15.8 Å². The highest BCUT2D eigenvalue weighted by atomic mass is 79.9. The first-order chi connectivity index (χ1) is 8.90. The molecule has 1 unspecified atom stereocenters. The molecule has 104 valence electrons. The molecule has 0 fully saturated rings. The van der Waals surface area contributed by atoms with E-state index in [1.54, 1.807) is 0 Å². The fourth-order valence-electron chi connectivity index (χ4n) is 1.31. The standard InChI is InChI=1S/C10H10BrFN2O5/c1-19-10(16)8(4-15)13-7-3-6(12)5(11)2-9(7)14(17)18/h2-3,8,13,15H,4H2,1H3. The number of nitrogens with zero attached hydrogens (tertiary/aromatic N) is 1. The molecule has 2 N–H and O–H groups in total. The molecule has 0 aromatic heterocycles. The van der Waals surface area contributed by atoms with Crippen LogP contribution in [0.5, 0.6) is 0 Å². The number of hydrogen-bond donors (Lipinski definition) is 2. The number of methoxy groups -OCH3 is 1. The van der Waals surface area contributed by atoms with E-state index in [1.807, 2.05) is 0 Å². The van der Waals surface area contributed by atoms with Crippen molar-refractivity contribution in [1.29, 1.82) is 0 Å². The lowest BCUT2D eigenvalue weighted by molar-refractivity contribution is -0.384. The van der Waals surface area contributed by atoms with Crippen LogP contribution >= 0.6 is 15.9 Å². The van der Waals surface area contributed by atoms with Crippen LogP contribution in [-0.4, -0.2) is 35.8 Å². The highest BCUT2D eigenvalue weighted by Crippen LogP contribution is 2.31. The molecule has 1 atom stereocenters. The molecule has 0 aliphatic heterocycles. The maximum Gasteiger partial charge on any atom is 0.330 e. The normalized spacial score (nSPS) is 11.8. The maximum atomic E-state index is 13.4. The molecule has 19 heavy (non-hydrogen) atoms. The second-order valence-electron chi connectivity index (χ2n) is 3.44. The molecule has 0 saturated carbocycles. The largest absolute Gasteiger partial charge is 0.467 e. The molecule has 0 aliphatic carbocycles. The average molecular weight is 337 g/mol. The summed E-state index contributed by atoms with van der Waals surface area (Å²) >= 11 is 2.83. The van der Waals surface area contributed by atoms with E-state index in [2.05, 4.69) is 26.0 Å². The number of aliphatic hydroxyl groups is 1. The Bertz CT molecular complexity index is 511. The minimum absolute atomic E-state index is 0.0802. The van der Waals surface area contributed by atoms with Crippen LogP contribution in [0.15, 0.2) is 16.6 Å². The molecule has 0 aliphatic rings. The average Bonchev–Trinajstić information content (AvgIpc) is 2.38. The number of anilines is 1. The highest BCUT2D eigenvalue weighted by molar-refractivity contribution is 9.10. The first kappa shape index (κ1) is 15.3. The summed E-state index contributed by atoms with van der Waals surface area (Å²) in [6.45, 7) is -0.651. The van der Waals surface area contributed by atoms with E-state index in [-0.39, 0.29) is 10.2 Å². The van der Waals surface area contributed by atoms with E-state index < -0.39 is 35.0 Å². The van der Waals surface area contributed by atoms with Crippen molar-refractivity contribution >= 4 is 33.3 Å². The lowest BCUT2D eigenvalue weighted by Crippen LogP contribution is -2.34. The molecule has 1 rings (SSSR count). The molecule has 7 nitrogen and oxygen atoms in total. The van der Waals surface area contributed by atoms with Crippen LogP contribution in [0.2, 0.25) is 0 Å². The number of nitrogens with one attached hydrogen (secondary N) is 1. The van der Waals surface area contributed by atoms with Gasteiger partial charge in [0.25, 0.3) is 5.69 Å². The van der Waals surface area contributed by atoms with Crippen molar-refractivity contribution in [2.45, 2.75) is 6.04 Å². The number of nitro benzene ring substituents is 1.